The van der Waals surface area contributed by atoms with Crippen molar-refractivity contribution in [2.24, 2.45) is 5.92 Å². The molecule has 2 heterocycles. The number of amides is 1. The summed E-state index contributed by atoms with van der Waals surface area (Å²) >= 11 is 0. The second-order valence-electron chi connectivity index (χ2n) is 9.14. The summed E-state index contributed by atoms with van der Waals surface area (Å²) in [7, 11) is 0. The SMILES string of the molecule is O=C([C@H](Cc1cccnc1)NCC(F)(F)F)N1CC[C@](O)(c2ccccc2)[C@H]2CCCC[C@H]21. The summed E-state index contributed by atoms with van der Waals surface area (Å²) in [5.41, 5.74) is 0.501. The molecule has 1 saturated heterocycles. The molecule has 2 aliphatic rings. The number of piperidine rings is 1. The third kappa shape index (κ3) is 5.38. The third-order valence-corrected chi connectivity index (χ3v) is 7.04. The van der Waals surface area contributed by atoms with Crippen molar-refractivity contribution in [2.75, 3.05) is 13.1 Å². The number of hydrogen-bond acceptors (Lipinski definition) is 4. The van der Waals surface area contributed by atoms with E-state index in [0.717, 1.165) is 31.2 Å². The Morgan fingerprint density at radius 2 is 1.94 bits per heavy atom. The van der Waals surface area contributed by atoms with Gasteiger partial charge in [0.25, 0.3) is 0 Å². The van der Waals surface area contributed by atoms with Gasteiger partial charge in [0.2, 0.25) is 5.91 Å². The lowest BCUT2D eigenvalue weighted by molar-refractivity contribution is -0.158. The molecule has 1 aromatic heterocycles. The fourth-order valence-corrected chi connectivity index (χ4v) is 5.48. The number of alkyl halides is 3. The van der Waals surface area contributed by atoms with Crippen molar-refractivity contribution in [3.05, 3.63) is 66.0 Å². The summed E-state index contributed by atoms with van der Waals surface area (Å²) in [5.74, 6) is -0.483. The van der Waals surface area contributed by atoms with Gasteiger partial charge in [-0.25, -0.2) is 0 Å². The lowest BCUT2D eigenvalue weighted by Crippen LogP contribution is -2.62. The Kier molecular flexibility index (Phi) is 7.05. The van der Waals surface area contributed by atoms with Crippen molar-refractivity contribution in [1.29, 1.82) is 0 Å². The number of rotatable bonds is 6. The van der Waals surface area contributed by atoms with Gasteiger partial charge in [-0.15, -0.1) is 0 Å². The second kappa shape index (κ2) is 9.81. The van der Waals surface area contributed by atoms with Crippen molar-refractivity contribution in [1.82, 2.24) is 15.2 Å². The molecule has 0 unspecified atom stereocenters. The quantitative estimate of drug-likeness (QED) is 0.687. The first-order valence-electron chi connectivity index (χ1n) is 11.6. The van der Waals surface area contributed by atoms with Gasteiger partial charge in [0.15, 0.2) is 0 Å². The highest BCUT2D eigenvalue weighted by Gasteiger charge is 2.51. The minimum atomic E-state index is -4.42. The maximum atomic E-state index is 13.6. The van der Waals surface area contributed by atoms with E-state index in [0.29, 0.717) is 18.5 Å². The fraction of sp³-hybridized carbons (Fsp3) is 0.520. The standard InChI is InChI=1S/C25H30F3N3O2/c26-25(27,28)17-30-21(15-18-7-6-13-29-16-18)23(32)31-14-12-24(33,19-8-2-1-3-9-19)20-10-4-5-11-22(20)31/h1-3,6-9,13,16,20-22,30,33H,4-5,10-12,14-15,17H2/t20-,21-,22+,24-/m0/s1. The average molecular weight is 462 g/mol. The van der Waals surface area contributed by atoms with E-state index in [1.165, 1.54) is 0 Å². The lowest BCUT2D eigenvalue weighted by Gasteiger charge is -2.53. The van der Waals surface area contributed by atoms with Crippen LogP contribution in [0.4, 0.5) is 13.2 Å². The van der Waals surface area contributed by atoms with Crippen LogP contribution in [0.25, 0.3) is 0 Å². The van der Waals surface area contributed by atoms with Crippen molar-refractivity contribution < 1.29 is 23.1 Å². The van der Waals surface area contributed by atoms with E-state index in [1.54, 1.807) is 29.4 Å². The zero-order chi connectivity index (χ0) is 23.5. The van der Waals surface area contributed by atoms with Crippen LogP contribution in [0.2, 0.25) is 0 Å². The van der Waals surface area contributed by atoms with Gasteiger partial charge in [-0.2, -0.15) is 13.2 Å². The number of hydrogen-bond donors (Lipinski definition) is 2. The van der Waals surface area contributed by atoms with E-state index in [2.05, 4.69) is 10.3 Å². The molecule has 1 aromatic carbocycles. The fourth-order valence-electron chi connectivity index (χ4n) is 5.48. The maximum absolute atomic E-state index is 13.6. The molecule has 2 fully saturated rings. The van der Waals surface area contributed by atoms with E-state index in [4.69, 9.17) is 0 Å². The molecule has 0 bridgehead atoms. The molecule has 1 amide bonds. The van der Waals surface area contributed by atoms with Gasteiger partial charge in [-0.05, 0) is 42.9 Å². The molecule has 2 aromatic rings. The molecule has 0 spiro atoms. The number of carbonyl (C=O) groups excluding carboxylic acids is 1. The van der Waals surface area contributed by atoms with Gasteiger partial charge in [0, 0.05) is 30.9 Å². The molecule has 1 aliphatic heterocycles. The van der Waals surface area contributed by atoms with Crippen LogP contribution in [0, 0.1) is 5.92 Å². The number of benzene rings is 1. The molecule has 4 rings (SSSR count). The third-order valence-electron chi connectivity index (χ3n) is 7.04. The lowest BCUT2D eigenvalue weighted by atomic mass is 9.66. The van der Waals surface area contributed by atoms with Gasteiger partial charge in [-0.3, -0.25) is 15.1 Å². The molecule has 4 atom stereocenters. The van der Waals surface area contributed by atoms with Crippen molar-refractivity contribution in [2.45, 2.75) is 62.4 Å². The maximum Gasteiger partial charge on any atom is 0.401 e. The predicted molar refractivity (Wildman–Crippen MR) is 118 cm³/mol. The average Bonchev–Trinajstić information content (AvgIpc) is 2.82. The zero-order valence-electron chi connectivity index (χ0n) is 18.5. The molecule has 33 heavy (non-hydrogen) atoms. The number of aromatic nitrogens is 1. The van der Waals surface area contributed by atoms with Crippen molar-refractivity contribution in [3.63, 3.8) is 0 Å². The Labute approximate surface area is 192 Å². The number of fused-ring (bicyclic) bond motifs is 1. The number of likely N-dealkylation sites (tertiary alicyclic amines) is 1. The van der Waals surface area contributed by atoms with Gasteiger partial charge < -0.3 is 10.0 Å². The van der Waals surface area contributed by atoms with Crippen LogP contribution < -0.4 is 5.32 Å². The number of halogens is 3. The van der Waals surface area contributed by atoms with E-state index in [9.17, 15) is 23.1 Å². The van der Waals surface area contributed by atoms with Crippen molar-refractivity contribution >= 4 is 5.91 Å². The molecule has 1 aliphatic carbocycles. The molecular formula is C25H30F3N3O2. The molecular weight excluding hydrogens is 431 g/mol. The first-order chi connectivity index (χ1) is 15.8. The van der Waals surface area contributed by atoms with Crippen LogP contribution >= 0.6 is 0 Å². The highest BCUT2D eigenvalue weighted by molar-refractivity contribution is 5.83. The minimum absolute atomic E-state index is 0.125. The van der Waals surface area contributed by atoms with E-state index in [1.807, 2.05) is 30.3 Å². The number of nitrogens with zero attached hydrogens (tertiary/aromatic N) is 2. The van der Waals surface area contributed by atoms with Crippen molar-refractivity contribution in [3.8, 4) is 0 Å². The predicted octanol–water partition coefficient (Wildman–Crippen LogP) is 3.82. The van der Waals surface area contributed by atoms with Crippen LogP contribution in [-0.2, 0) is 16.8 Å². The van der Waals surface area contributed by atoms with Crippen LogP contribution in [0.15, 0.2) is 54.9 Å². The summed E-state index contributed by atoms with van der Waals surface area (Å²) in [6, 6.07) is 11.8. The minimum Gasteiger partial charge on any atom is -0.385 e. The Morgan fingerprint density at radius 1 is 1.18 bits per heavy atom. The molecule has 2 N–H and O–H groups in total. The van der Waals surface area contributed by atoms with Gasteiger partial charge in [-0.1, -0.05) is 49.2 Å². The Hall–Kier alpha value is -2.45. The Morgan fingerprint density at radius 3 is 2.64 bits per heavy atom. The normalized spacial score (nSPS) is 26.5. The summed E-state index contributed by atoms with van der Waals surface area (Å²) in [4.78, 5) is 19.4. The van der Waals surface area contributed by atoms with E-state index >= 15 is 0 Å². The van der Waals surface area contributed by atoms with Crippen LogP contribution in [-0.4, -0.2) is 52.2 Å². The molecule has 5 nitrogen and oxygen atoms in total. The second-order valence-corrected chi connectivity index (χ2v) is 9.14. The van der Waals surface area contributed by atoms with Crippen LogP contribution in [0.5, 0.6) is 0 Å². The number of nitrogens with one attached hydrogen (secondary N) is 1. The zero-order valence-corrected chi connectivity index (χ0v) is 18.5. The van der Waals surface area contributed by atoms with E-state index in [-0.39, 0.29) is 24.3 Å². The molecule has 1 saturated carbocycles. The molecule has 0 radical (unpaired) electrons. The first kappa shape index (κ1) is 23.7. The molecule has 8 heteroatoms. The largest absolute Gasteiger partial charge is 0.401 e. The summed E-state index contributed by atoms with van der Waals surface area (Å²) in [5, 5.41) is 14.2. The Bertz CT molecular complexity index is 925. The topological polar surface area (TPSA) is 65.5 Å². The summed E-state index contributed by atoms with van der Waals surface area (Å²) in [6.45, 7) is -0.928. The molecule has 178 valence electrons. The van der Waals surface area contributed by atoms with E-state index < -0.39 is 24.4 Å². The number of aliphatic hydroxyl groups is 1. The Balaban J connectivity index is 1.58. The summed E-state index contributed by atoms with van der Waals surface area (Å²) < 4.78 is 39.0. The van der Waals surface area contributed by atoms with Gasteiger partial charge in [0.05, 0.1) is 18.2 Å². The van der Waals surface area contributed by atoms with Gasteiger partial charge in [0.1, 0.15) is 0 Å². The first-order valence-corrected chi connectivity index (χ1v) is 11.6. The number of carbonyl (C=O) groups is 1. The number of pyridine rings is 1. The highest BCUT2D eigenvalue weighted by Crippen LogP contribution is 2.47. The monoisotopic (exact) mass is 461 g/mol. The van der Waals surface area contributed by atoms with Crippen LogP contribution in [0.3, 0.4) is 0 Å². The smallest absolute Gasteiger partial charge is 0.385 e. The highest BCUT2D eigenvalue weighted by atomic mass is 19.4. The summed E-state index contributed by atoms with van der Waals surface area (Å²) in [6.07, 6.45) is 2.64. The van der Waals surface area contributed by atoms with Crippen LogP contribution in [0.1, 0.15) is 43.2 Å². The van der Waals surface area contributed by atoms with Gasteiger partial charge >= 0.3 is 6.18 Å².